The number of hydrogen-bond donors (Lipinski definition) is 1. The Bertz CT molecular complexity index is 482. The van der Waals surface area contributed by atoms with Gasteiger partial charge in [0.25, 0.3) is 0 Å². The molecule has 0 unspecified atom stereocenters. The fourth-order valence-corrected chi connectivity index (χ4v) is 2.85. The van der Waals surface area contributed by atoms with Gasteiger partial charge in [-0.1, -0.05) is 22.0 Å². The van der Waals surface area contributed by atoms with Gasteiger partial charge in [-0.15, -0.1) is 0 Å². The summed E-state index contributed by atoms with van der Waals surface area (Å²) in [4.78, 5) is 15.5. The van der Waals surface area contributed by atoms with Crippen LogP contribution in [0.25, 0.3) is 0 Å². The summed E-state index contributed by atoms with van der Waals surface area (Å²) in [7, 11) is 3.61. The number of carbonyl (C=O) groups is 1. The minimum absolute atomic E-state index is 0.113. The molecule has 0 saturated carbocycles. The molecule has 0 radical (unpaired) electrons. The summed E-state index contributed by atoms with van der Waals surface area (Å²) in [5.74, 6) is 0. The number of rotatable bonds is 2. The van der Waals surface area contributed by atoms with E-state index in [1.807, 2.05) is 11.0 Å². The zero-order valence-electron chi connectivity index (χ0n) is 12.3. The van der Waals surface area contributed by atoms with Crippen LogP contribution in [0.5, 0.6) is 0 Å². The van der Waals surface area contributed by atoms with Gasteiger partial charge >= 0.3 is 6.03 Å². The van der Waals surface area contributed by atoms with E-state index in [2.05, 4.69) is 40.3 Å². The van der Waals surface area contributed by atoms with Crippen LogP contribution in [-0.2, 0) is 0 Å². The topological polar surface area (TPSA) is 35.6 Å². The molecular formula is C15H22BrN3O. The molecule has 0 atom stereocenters. The maximum Gasteiger partial charge on any atom is 0.319 e. The number of carbonyl (C=O) groups excluding carboxylic acids is 1. The molecule has 2 amide bonds. The van der Waals surface area contributed by atoms with Gasteiger partial charge in [-0.05, 0) is 37.5 Å². The minimum Gasteiger partial charge on any atom is -0.382 e. The van der Waals surface area contributed by atoms with E-state index in [9.17, 15) is 4.79 Å². The standard InChI is InChI=1S/C15H22BrN3O/c1-11-13(16)5-4-6-14(11)17-12-7-9-19(10-8-12)15(20)18(2)3/h4-6,12,17H,7-10H2,1-3H3. The number of likely N-dealkylation sites (tertiary alicyclic amines) is 1. The molecule has 0 aliphatic carbocycles. The lowest BCUT2D eigenvalue weighted by atomic mass is 10.0. The van der Waals surface area contributed by atoms with Gasteiger partial charge in [0.1, 0.15) is 0 Å². The highest BCUT2D eigenvalue weighted by Gasteiger charge is 2.23. The van der Waals surface area contributed by atoms with Crippen molar-refractivity contribution in [2.75, 3.05) is 32.5 Å². The molecule has 0 aromatic heterocycles. The number of hydrogen-bond acceptors (Lipinski definition) is 2. The van der Waals surface area contributed by atoms with Crippen LogP contribution in [0.15, 0.2) is 22.7 Å². The Kier molecular flexibility index (Phi) is 4.91. The molecule has 20 heavy (non-hydrogen) atoms. The highest BCUT2D eigenvalue weighted by atomic mass is 79.9. The van der Waals surface area contributed by atoms with E-state index in [4.69, 9.17) is 0 Å². The average molecular weight is 340 g/mol. The normalized spacial score (nSPS) is 16.1. The first-order valence-electron chi connectivity index (χ1n) is 6.97. The van der Waals surface area contributed by atoms with Crippen LogP contribution in [-0.4, -0.2) is 49.1 Å². The first-order chi connectivity index (χ1) is 9.49. The van der Waals surface area contributed by atoms with Crippen molar-refractivity contribution in [3.63, 3.8) is 0 Å². The molecular weight excluding hydrogens is 318 g/mol. The van der Waals surface area contributed by atoms with Crippen LogP contribution in [0.1, 0.15) is 18.4 Å². The third-order valence-electron chi connectivity index (χ3n) is 3.78. The number of nitrogens with zero attached hydrogens (tertiary/aromatic N) is 2. The van der Waals surface area contributed by atoms with Crippen molar-refractivity contribution in [2.45, 2.75) is 25.8 Å². The van der Waals surface area contributed by atoms with Crippen LogP contribution in [0.3, 0.4) is 0 Å². The van der Waals surface area contributed by atoms with Crippen LogP contribution < -0.4 is 5.32 Å². The van der Waals surface area contributed by atoms with Crippen molar-refractivity contribution in [3.05, 3.63) is 28.2 Å². The van der Waals surface area contributed by atoms with Gasteiger partial charge in [-0.3, -0.25) is 0 Å². The maximum atomic E-state index is 11.9. The Morgan fingerprint density at radius 2 is 2.00 bits per heavy atom. The van der Waals surface area contributed by atoms with E-state index < -0.39 is 0 Å². The van der Waals surface area contributed by atoms with Crippen molar-refractivity contribution in [1.82, 2.24) is 9.80 Å². The summed E-state index contributed by atoms with van der Waals surface area (Å²) in [5.41, 5.74) is 2.41. The molecule has 1 N–H and O–H groups in total. The van der Waals surface area contributed by atoms with Crippen LogP contribution >= 0.6 is 15.9 Å². The van der Waals surface area contributed by atoms with Crippen molar-refractivity contribution in [1.29, 1.82) is 0 Å². The zero-order chi connectivity index (χ0) is 14.7. The SMILES string of the molecule is Cc1c(Br)cccc1NC1CCN(C(=O)N(C)C)CC1. The lowest BCUT2D eigenvalue weighted by molar-refractivity contribution is 0.158. The lowest BCUT2D eigenvalue weighted by Gasteiger charge is -2.34. The number of nitrogens with one attached hydrogen (secondary N) is 1. The van der Waals surface area contributed by atoms with Gasteiger partial charge in [0, 0.05) is 43.4 Å². The number of halogens is 1. The molecule has 1 fully saturated rings. The van der Waals surface area contributed by atoms with Gasteiger partial charge in [-0.25, -0.2) is 4.79 Å². The quantitative estimate of drug-likeness (QED) is 0.897. The van der Waals surface area contributed by atoms with Gasteiger partial charge in [0.2, 0.25) is 0 Å². The third kappa shape index (κ3) is 3.45. The first kappa shape index (κ1) is 15.2. The Morgan fingerprint density at radius 3 is 2.60 bits per heavy atom. The number of urea groups is 1. The Morgan fingerprint density at radius 1 is 1.35 bits per heavy atom. The average Bonchev–Trinajstić information content (AvgIpc) is 2.44. The van der Waals surface area contributed by atoms with Crippen molar-refractivity contribution in [3.8, 4) is 0 Å². The molecule has 1 aromatic rings. The van der Waals surface area contributed by atoms with E-state index >= 15 is 0 Å². The summed E-state index contributed by atoms with van der Waals surface area (Å²) in [6.07, 6.45) is 1.98. The summed E-state index contributed by atoms with van der Waals surface area (Å²) < 4.78 is 1.13. The third-order valence-corrected chi connectivity index (χ3v) is 4.63. The largest absolute Gasteiger partial charge is 0.382 e. The monoisotopic (exact) mass is 339 g/mol. The summed E-state index contributed by atoms with van der Waals surface area (Å²) in [6.45, 7) is 3.75. The second-order valence-electron chi connectivity index (χ2n) is 5.50. The molecule has 0 spiro atoms. The van der Waals surface area contributed by atoms with Crippen molar-refractivity contribution < 1.29 is 4.79 Å². The molecule has 4 nitrogen and oxygen atoms in total. The number of benzene rings is 1. The molecule has 1 heterocycles. The number of piperidine rings is 1. The fourth-order valence-electron chi connectivity index (χ4n) is 2.48. The zero-order valence-corrected chi connectivity index (χ0v) is 13.9. The van der Waals surface area contributed by atoms with Gasteiger partial charge in [0.15, 0.2) is 0 Å². The fraction of sp³-hybridized carbons (Fsp3) is 0.533. The highest BCUT2D eigenvalue weighted by Crippen LogP contribution is 2.25. The molecule has 0 bridgehead atoms. The molecule has 1 aliphatic heterocycles. The van der Waals surface area contributed by atoms with Crippen LogP contribution in [0, 0.1) is 6.92 Å². The van der Waals surface area contributed by atoms with Crippen LogP contribution in [0.4, 0.5) is 10.5 Å². The van der Waals surface area contributed by atoms with Crippen molar-refractivity contribution >= 4 is 27.6 Å². The predicted octanol–water partition coefficient (Wildman–Crippen LogP) is 3.32. The second kappa shape index (κ2) is 6.48. The summed E-state index contributed by atoms with van der Waals surface area (Å²) >= 11 is 3.56. The van der Waals surface area contributed by atoms with Gasteiger partial charge in [-0.2, -0.15) is 0 Å². The molecule has 5 heteroatoms. The smallest absolute Gasteiger partial charge is 0.319 e. The predicted molar refractivity (Wildman–Crippen MR) is 86.2 cm³/mol. The maximum absolute atomic E-state index is 11.9. The second-order valence-corrected chi connectivity index (χ2v) is 6.35. The first-order valence-corrected chi connectivity index (χ1v) is 7.76. The van der Waals surface area contributed by atoms with Gasteiger partial charge < -0.3 is 15.1 Å². The Labute approximate surface area is 129 Å². The number of amides is 2. The molecule has 1 aliphatic rings. The van der Waals surface area contributed by atoms with Crippen LogP contribution in [0.2, 0.25) is 0 Å². The molecule has 2 rings (SSSR count). The number of anilines is 1. The van der Waals surface area contributed by atoms with E-state index in [1.165, 1.54) is 11.3 Å². The van der Waals surface area contributed by atoms with E-state index in [0.29, 0.717) is 6.04 Å². The molecule has 1 saturated heterocycles. The lowest BCUT2D eigenvalue weighted by Crippen LogP contribution is -2.46. The van der Waals surface area contributed by atoms with Crippen molar-refractivity contribution in [2.24, 2.45) is 0 Å². The summed E-state index contributed by atoms with van der Waals surface area (Å²) in [6, 6.07) is 6.76. The molecule has 110 valence electrons. The minimum atomic E-state index is 0.113. The highest BCUT2D eigenvalue weighted by molar-refractivity contribution is 9.10. The van der Waals surface area contributed by atoms with Gasteiger partial charge in [0.05, 0.1) is 0 Å². The van der Waals surface area contributed by atoms with E-state index in [0.717, 1.165) is 30.4 Å². The Hall–Kier alpha value is -1.23. The Balaban J connectivity index is 1.92. The molecule has 1 aromatic carbocycles. The summed E-state index contributed by atoms with van der Waals surface area (Å²) in [5, 5.41) is 3.60. The van der Waals surface area contributed by atoms with E-state index in [1.54, 1.807) is 19.0 Å². The van der Waals surface area contributed by atoms with E-state index in [-0.39, 0.29) is 6.03 Å².